The third kappa shape index (κ3) is 29.6. The summed E-state index contributed by atoms with van der Waals surface area (Å²) in [5.74, 6) is -13.9. The maximum Gasteiger partial charge on any atom is 0.305 e. The van der Waals surface area contributed by atoms with Gasteiger partial charge in [0.05, 0.1) is 50.4 Å². The van der Waals surface area contributed by atoms with E-state index in [0.717, 1.165) is 65.9 Å². The number of ether oxygens (including phenoxy) is 1. The van der Waals surface area contributed by atoms with E-state index in [1.54, 1.807) is 30.5 Å². The van der Waals surface area contributed by atoms with Crippen LogP contribution in [0.2, 0.25) is 0 Å². The molecule has 38 heteroatoms. The number of carbonyl (C=O) groups is 12. The van der Waals surface area contributed by atoms with Gasteiger partial charge >= 0.3 is 5.97 Å². The Balaban J connectivity index is 1.16. The number of H-pyrrole nitrogens is 2. The third-order valence-electron chi connectivity index (χ3n) is 18.5. The van der Waals surface area contributed by atoms with E-state index in [4.69, 9.17) is 16.0 Å². The molecule has 0 aliphatic heterocycles. The molecular weight excluding hydrogens is 1500 g/mol. The van der Waals surface area contributed by atoms with Gasteiger partial charge < -0.3 is 89.0 Å². The van der Waals surface area contributed by atoms with Crippen LogP contribution in [-0.4, -0.2) is 214 Å². The van der Waals surface area contributed by atoms with Crippen molar-refractivity contribution in [3.63, 3.8) is 0 Å². The summed E-state index contributed by atoms with van der Waals surface area (Å²) in [6.45, 7) is 10.4. The number of nitrogens with zero attached hydrogens (tertiary/aromatic N) is 7. The molecule has 0 radical (unpaired) electrons. The van der Waals surface area contributed by atoms with Crippen molar-refractivity contribution in [3.05, 3.63) is 159 Å². The van der Waals surface area contributed by atoms with Crippen molar-refractivity contribution in [2.75, 3.05) is 26.3 Å². The number of carbonyl (C=O) groups excluding carboxylic acids is 11. The van der Waals surface area contributed by atoms with Crippen LogP contribution in [0.3, 0.4) is 0 Å². The summed E-state index contributed by atoms with van der Waals surface area (Å²) in [5.41, 5.74) is 17.1. The topological polar surface area (TPSA) is 573 Å². The molecule has 115 heavy (non-hydrogen) atoms. The number of carboxylic acids is 1. The molecule has 6 aromatic rings. The summed E-state index contributed by atoms with van der Waals surface area (Å²) in [7, 11) is 0. The van der Waals surface area contributed by atoms with Crippen molar-refractivity contribution in [2.45, 2.75) is 211 Å². The number of carboxylic acid groups (broad SMARTS) is 1. The molecule has 18 N–H and O–H groups in total. The van der Waals surface area contributed by atoms with E-state index in [9.17, 15) is 78.0 Å². The van der Waals surface area contributed by atoms with E-state index < -0.39 is 168 Å². The first kappa shape index (κ1) is 91.6. The number of primary amides is 1. The Morgan fingerprint density at radius 2 is 1.32 bits per heavy atom. The number of hydrogen-bond donors (Lipinski definition) is 17. The number of hydrogen-bond acceptors (Lipinski definition) is 21. The van der Waals surface area contributed by atoms with Crippen LogP contribution in [-0.2, 0) is 96.1 Å². The quantitative estimate of drug-likeness (QED) is 0.0109. The largest absolute Gasteiger partial charge is 0.494 e. The van der Waals surface area contributed by atoms with Crippen molar-refractivity contribution in [1.82, 2.24) is 83.8 Å². The number of aliphatic carboxylic acids is 1. The van der Waals surface area contributed by atoms with E-state index in [2.05, 4.69) is 93.8 Å². The number of azide groups is 1. The number of aliphatic hydroxyl groups is 3. The van der Waals surface area contributed by atoms with Gasteiger partial charge in [0.2, 0.25) is 65.0 Å². The third-order valence-corrected chi connectivity index (χ3v) is 18.5. The summed E-state index contributed by atoms with van der Waals surface area (Å²) in [6, 6.07) is 10.9. The van der Waals surface area contributed by atoms with E-state index in [0.29, 0.717) is 75.8 Å². The number of amides is 11. The maximum atomic E-state index is 15.5. The SMILES string of the molecule is CCc1cc(OCCCCN=[N+]=[N-])ccc1-c1ccc(C[C@H](NC(=O)[C@H](CC(=O)O)NC(=O)[C@H](CO)NC(=O)[C@@H](NC(=O)[C@](C)(Cc2ccccc2F)NC(=O)[C@@H](NC(=O)CNC(=O)[C@H](Cc2nn[nH]n2)NC(=O)C(C)(C)NC(=O)CCCCc2c[nH]cn2)[C@@H](C)O)[C@@H](C)O)C(=O)N[C@@H](CCCc2cc(C)cc(C)c2)C(N)=O)cc1. The van der Waals surface area contributed by atoms with Crippen LogP contribution >= 0.6 is 0 Å². The highest BCUT2D eigenvalue weighted by Crippen LogP contribution is 2.29. The molecule has 0 aliphatic rings. The number of nitrogens with one attached hydrogen (secondary N) is 12. The van der Waals surface area contributed by atoms with E-state index >= 15 is 4.39 Å². The molecule has 0 fully saturated rings. The zero-order valence-electron chi connectivity index (χ0n) is 65.3. The van der Waals surface area contributed by atoms with Gasteiger partial charge in [-0.05, 0) is 163 Å². The zero-order chi connectivity index (χ0) is 84.5. The molecule has 10 atom stereocenters. The lowest BCUT2D eigenvalue weighted by molar-refractivity contribution is -0.142. The van der Waals surface area contributed by atoms with Gasteiger partial charge in [0.15, 0.2) is 5.82 Å². The molecular formula is C77H103FN20O17. The van der Waals surface area contributed by atoms with Crippen molar-refractivity contribution in [1.29, 1.82) is 0 Å². The van der Waals surface area contributed by atoms with Gasteiger partial charge in [-0.15, -0.1) is 10.2 Å². The van der Waals surface area contributed by atoms with E-state index in [1.807, 2.05) is 57.2 Å². The average Bonchev–Trinajstić information content (AvgIpc) is 1.33. The number of rotatable bonds is 48. The van der Waals surface area contributed by atoms with Gasteiger partial charge in [-0.1, -0.05) is 95.1 Å². The van der Waals surface area contributed by atoms with Crippen LogP contribution in [0.15, 0.2) is 103 Å². The lowest BCUT2D eigenvalue weighted by Crippen LogP contribution is -2.67. The average molecular weight is 1600 g/mol. The lowest BCUT2D eigenvalue weighted by atomic mass is 9.90. The fraction of sp³-hybridized carbons (Fsp3) is 0.481. The van der Waals surface area contributed by atoms with Gasteiger partial charge in [0.25, 0.3) is 0 Å². The van der Waals surface area contributed by atoms with Gasteiger partial charge in [-0.25, -0.2) is 9.37 Å². The molecule has 37 nitrogen and oxygen atoms in total. The monoisotopic (exact) mass is 1600 g/mol. The molecule has 0 saturated heterocycles. The first-order chi connectivity index (χ1) is 54.6. The second kappa shape index (κ2) is 44.8. The Morgan fingerprint density at radius 1 is 0.670 bits per heavy atom. The van der Waals surface area contributed by atoms with Crippen molar-refractivity contribution in [2.24, 2.45) is 10.8 Å². The molecule has 4 aromatic carbocycles. The molecule has 0 spiro atoms. The number of halogens is 1. The highest BCUT2D eigenvalue weighted by Gasteiger charge is 2.43. The smallest absolute Gasteiger partial charge is 0.305 e. The predicted molar refractivity (Wildman–Crippen MR) is 414 cm³/mol. The molecule has 0 bridgehead atoms. The number of unbranched alkanes of at least 4 members (excludes halogenated alkanes) is 2. The number of nitrogens with two attached hydrogens (primary N) is 1. The predicted octanol–water partition coefficient (Wildman–Crippen LogP) is 0.835. The van der Waals surface area contributed by atoms with Gasteiger partial charge in [0.1, 0.15) is 64.9 Å². The van der Waals surface area contributed by atoms with Crippen LogP contribution < -0.4 is 63.6 Å². The number of imidazole rings is 1. The molecule has 0 unspecified atom stereocenters. The summed E-state index contributed by atoms with van der Waals surface area (Å²) >= 11 is 0. The number of benzene rings is 4. The minimum absolute atomic E-state index is 0.0475. The number of tetrazole rings is 1. The zero-order valence-corrected chi connectivity index (χ0v) is 65.3. The highest BCUT2D eigenvalue weighted by molar-refractivity contribution is 6.00. The summed E-state index contributed by atoms with van der Waals surface area (Å²) in [4.78, 5) is 176. The summed E-state index contributed by atoms with van der Waals surface area (Å²) < 4.78 is 21.5. The Kier molecular flexibility index (Phi) is 35.7. The van der Waals surface area contributed by atoms with Crippen LogP contribution in [0.5, 0.6) is 5.75 Å². The molecule has 0 aliphatic carbocycles. The van der Waals surface area contributed by atoms with Crippen LogP contribution in [0.25, 0.3) is 21.6 Å². The van der Waals surface area contributed by atoms with Gasteiger partial charge in [-0.3, -0.25) is 57.5 Å². The maximum absolute atomic E-state index is 15.5. The fourth-order valence-corrected chi connectivity index (χ4v) is 12.4. The molecule has 0 saturated carbocycles. The standard InChI is InChI=1S/C77H103FN20O17/c1-9-49-35-53(115-30-15-14-29-84-96-80)27-28-54(49)50-25-23-47(24-26-50)34-57(69(108)85-56(67(79)106)21-16-17-48-32-43(2)31-44(3)33-48)86-70(109)59(37-64(104)105)87-71(110)60(41-99)88-72(111)65(45(4)100)91-75(114)77(8,38-51-18-10-12-20-55(51)78)93-73(112)66(46(5)101)90-63(103)40-82-68(107)58(36-61-94-97-98-95-61)89-74(113)76(6,7)92-62(102)22-13-11-19-52-39-81-42-83-52/h10,12,18,20,23-28,31-33,35,39,42,45-46,56-60,65-66,99-101H,9,11,13-17,19,21-22,29-30,34,36-38,40-41H2,1-8H3,(H2,79,106)(H,81,83)(H,82,107)(H,85,108)(H,86,109)(H,87,110)(H,88,111)(H,89,113)(H,90,103)(H,91,114)(H,92,102)(H,93,112)(H,104,105)(H,94,95,97,98)/t45-,46-,56+,57+,58+,59+,60+,65+,66+,77+/m1/s1. The van der Waals surface area contributed by atoms with Crippen LogP contribution in [0.4, 0.5) is 4.39 Å². The van der Waals surface area contributed by atoms with Crippen molar-refractivity contribution >= 4 is 70.9 Å². The first-order valence-electron chi connectivity index (χ1n) is 37.5. The van der Waals surface area contributed by atoms with Crippen molar-refractivity contribution < 1.29 is 87.1 Å². The summed E-state index contributed by atoms with van der Waals surface area (Å²) in [6.07, 6.45) is 1.69. The van der Waals surface area contributed by atoms with E-state index in [1.165, 1.54) is 38.4 Å². The number of aryl methyl sites for hydroxylation is 5. The fourth-order valence-electron chi connectivity index (χ4n) is 12.4. The normalized spacial score (nSPS) is 14.1. The Hall–Kier alpha value is -12.3. The Morgan fingerprint density at radius 3 is 1.95 bits per heavy atom. The van der Waals surface area contributed by atoms with E-state index in [-0.39, 0.29) is 37.1 Å². The first-order valence-corrected chi connectivity index (χ1v) is 37.5. The lowest BCUT2D eigenvalue weighted by Gasteiger charge is -2.34. The highest BCUT2D eigenvalue weighted by atomic mass is 19.1. The Labute approximate surface area is 662 Å². The number of aromatic nitrogens is 6. The minimum Gasteiger partial charge on any atom is -0.494 e. The van der Waals surface area contributed by atoms with Crippen LogP contribution in [0, 0.1) is 19.7 Å². The van der Waals surface area contributed by atoms with Crippen LogP contribution in [0.1, 0.15) is 138 Å². The van der Waals surface area contributed by atoms with Gasteiger partial charge in [0, 0.05) is 43.3 Å². The molecule has 11 amide bonds. The minimum atomic E-state index is -2.40. The van der Waals surface area contributed by atoms with Gasteiger partial charge in [-0.2, -0.15) is 5.21 Å². The molecule has 2 aromatic heterocycles. The number of aliphatic hydroxyl groups excluding tert-OH is 3. The summed E-state index contributed by atoms with van der Waals surface area (Å²) in [5, 5.41) is 83.6. The number of aromatic amines is 2. The molecule has 6 rings (SSSR count). The molecule has 620 valence electrons. The second-order valence-corrected chi connectivity index (χ2v) is 28.7. The second-order valence-electron chi connectivity index (χ2n) is 28.7. The molecule has 2 heterocycles. The van der Waals surface area contributed by atoms with Crippen molar-refractivity contribution in [3.8, 4) is 16.9 Å². The Bertz CT molecular complexity index is 4350.